The summed E-state index contributed by atoms with van der Waals surface area (Å²) >= 11 is 1.84. The maximum atomic E-state index is 4.38. The van der Waals surface area contributed by atoms with E-state index in [1.54, 1.807) is 6.33 Å². The average molecular weight is 192 g/mol. The molecule has 0 atom stereocenters. The largest absolute Gasteiger partial charge is 0.253 e. The monoisotopic (exact) mass is 192 g/mol. The van der Waals surface area contributed by atoms with E-state index in [1.807, 2.05) is 23.2 Å². The first kappa shape index (κ1) is 7.32. The van der Waals surface area contributed by atoms with Gasteiger partial charge in [-0.05, 0) is 13.3 Å². The van der Waals surface area contributed by atoms with Crippen LogP contribution in [0.25, 0.3) is 5.78 Å². The third-order valence-corrected chi connectivity index (χ3v) is 3.38. The molecule has 5 heteroatoms. The molecule has 0 saturated carbocycles. The molecule has 0 spiro atoms. The molecule has 3 rings (SSSR count). The first-order chi connectivity index (χ1) is 6.36. The number of rotatable bonds is 0. The van der Waals surface area contributed by atoms with Crippen LogP contribution in [-0.4, -0.2) is 25.3 Å². The van der Waals surface area contributed by atoms with E-state index in [0.717, 1.165) is 17.9 Å². The van der Waals surface area contributed by atoms with Gasteiger partial charge in [-0.25, -0.2) is 4.98 Å². The van der Waals surface area contributed by atoms with Crippen molar-refractivity contribution in [2.24, 2.45) is 0 Å². The highest BCUT2D eigenvalue weighted by Gasteiger charge is 2.19. The van der Waals surface area contributed by atoms with Crippen LogP contribution in [0.5, 0.6) is 0 Å². The van der Waals surface area contributed by atoms with Crippen LogP contribution in [0.15, 0.2) is 11.4 Å². The highest BCUT2D eigenvalue weighted by atomic mass is 32.2. The van der Waals surface area contributed by atoms with Gasteiger partial charge in [0.1, 0.15) is 11.4 Å². The Morgan fingerprint density at radius 2 is 2.46 bits per heavy atom. The summed E-state index contributed by atoms with van der Waals surface area (Å²) in [6, 6.07) is 0. The van der Waals surface area contributed by atoms with Crippen LogP contribution in [0, 0.1) is 6.92 Å². The van der Waals surface area contributed by atoms with Gasteiger partial charge in [-0.1, -0.05) is 0 Å². The zero-order chi connectivity index (χ0) is 8.84. The number of fused-ring (bicyclic) bond motifs is 3. The Morgan fingerprint density at radius 1 is 1.54 bits per heavy atom. The van der Waals surface area contributed by atoms with Gasteiger partial charge in [-0.3, -0.25) is 0 Å². The summed E-state index contributed by atoms with van der Waals surface area (Å²) in [7, 11) is 0. The lowest BCUT2D eigenvalue weighted by Gasteiger charge is -2.02. The minimum atomic E-state index is 0.714. The predicted molar refractivity (Wildman–Crippen MR) is 49.9 cm³/mol. The van der Waals surface area contributed by atoms with E-state index in [-0.39, 0.29) is 0 Å². The first-order valence-corrected chi connectivity index (χ1v) is 5.17. The van der Waals surface area contributed by atoms with Crippen molar-refractivity contribution in [3.05, 3.63) is 17.6 Å². The Labute approximate surface area is 79.4 Å². The van der Waals surface area contributed by atoms with E-state index in [1.165, 1.54) is 10.6 Å². The van der Waals surface area contributed by atoms with Crippen LogP contribution in [0.2, 0.25) is 0 Å². The van der Waals surface area contributed by atoms with Crippen molar-refractivity contribution in [1.82, 2.24) is 19.6 Å². The lowest BCUT2D eigenvalue weighted by molar-refractivity contribution is 0.812. The van der Waals surface area contributed by atoms with Crippen molar-refractivity contribution >= 4 is 17.5 Å². The minimum absolute atomic E-state index is 0.714. The first-order valence-electron chi connectivity index (χ1n) is 4.18. The topological polar surface area (TPSA) is 43.1 Å². The normalized spacial score (nSPS) is 15.2. The van der Waals surface area contributed by atoms with Gasteiger partial charge in [-0.2, -0.15) is 14.6 Å². The summed E-state index contributed by atoms with van der Waals surface area (Å²) in [5, 5.41) is 5.38. The van der Waals surface area contributed by atoms with Crippen LogP contribution in [0.3, 0.4) is 0 Å². The maximum Gasteiger partial charge on any atom is 0.253 e. The molecule has 0 aliphatic carbocycles. The third kappa shape index (κ3) is 0.904. The van der Waals surface area contributed by atoms with Gasteiger partial charge in [0.2, 0.25) is 0 Å². The van der Waals surface area contributed by atoms with E-state index in [2.05, 4.69) is 15.1 Å². The molecule has 0 amide bonds. The number of aromatic nitrogens is 4. The fraction of sp³-hybridized carbons (Fsp3) is 0.375. The zero-order valence-electron chi connectivity index (χ0n) is 7.19. The van der Waals surface area contributed by atoms with Gasteiger partial charge in [0.25, 0.3) is 5.78 Å². The molecule has 13 heavy (non-hydrogen) atoms. The maximum absolute atomic E-state index is 4.38. The molecule has 0 bridgehead atoms. The van der Waals surface area contributed by atoms with Crippen LogP contribution < -0.4 is 0 Å². The zero-order valence-corrected chi connectivity index (χ0v) is 8.01. The van der Waals surface area contributed by atoms with Crippen LogP contribution in [0.1, 0.15) is 11.3 Å². The van der Waals surface area contributed by atoms with E-state index in [9.17, 15) is 0 Å². The number of hydrogen-bond donors (Lipinski definition) is 0. The molecule has 3 heterocycles. The molecule has 0 unspecified atom stereocenters. The van der Waals surface area contributed by atoms with Gasteiger partial charge in [0, 0.05) is 17.0 Å². The molecular weight excluding hydrogens is 184 g/mol. The predicted octanol–water partition coefficient (Wildman–Crippen LogP) is 1.08. The highest BCUT2D eigenvalue weighted by molar-refractivity contribution is 7.99. The quantitative estimate of drug-likeness (QED) is 0.586. The summed E-state index contributed by atoms with van der Waals surface area (Å²) < 4.78 is 1.83. The van der Waals surface area contributed by atoms with Crippen molar-refractivity contribution in [1.29, 1.82) is 0 Å². The number of hydrogen-bond acceptors (Lipinski definition) is 4. The van der Waals surface area contributed by atoms with Crippen molar-refractivity contribution < 1.29 is 0 Å². The summed E-state index contributed by atoms with van der Waals surface area (Å²) in [4.78, 5) is 8.47. The molecule has 1 aliphatic rings. The van der Waals surface area contributed by atoms with Crippen LogP contribution in [0.4, 0.5) is 0 Å². The summed E-state index contributed by atoms with van der Waals surface area (Å²) in [6.45, 7) is 2.04. The minimum Gasteiger partial charge on any atom is -0.216 e. The van der Waals surface area contributed by atoms with Gasteiger partial charge in [-0.15, -0.1) is 11.8 Å². The molecule has 0 radical (unpaired) electrons. The Bertz CT molecular complexity index is 476. The van der Waals surface area contributed by atoms with Crippen LogP contribution >= 0.6 is 11.8 Å². The van der Waals surface area contributed by atoms with E-state index in [4.69, 9.17) is 0 Å². The molecule has 0 fully saturated rings. The average Bonchev–Trinajstić information content (AvgIpc) is 2.66. The van der Waals surface area contributed by atoms with E-state index < -0.39 is 0 Å². The second kappa shape index (κ2) is 2.45. The molecule has 0 N–H and O–H groups in total. The van der Waals surface area contributed by atoms with E-state index in [0.29, 0.717) is 5.78 Å². The van der Waals surface area contributed by atoms with Crippen molar-refractivity contribution in [2.45, 2.75) is 18.4 Å². The molecule has 1 aliphatic heterocycles. The fourth-order valence-electron chi connectivity index (χ4n) is 1.64. The van der Waals surface area contributed by atoms with E-state index >= 15 is 0 Å². The summed E-state index contributed by atoms with van der Waals surface area (Å²) in [6.07, 6.45) is 2.66. The molecule has 4 nitrogen and oxygen atoms in total. The smallest absolute Gasteiger partial charge is 0.216 e. The molecule has 2 aromatic heterocycles. The molecule has 0 saturated heterocycles. The molecule has 2 aromatic rings. The molecule has 0 aromatic carbocycles. The van der Waals surface area contributed by atoms with Gasteiger partial charge < -0.3 is 0 Å². The fourth-order valence-corrected chi connectivity index (χ4v) is 2.82. The van der Waals surface area contributed by atoms with Gasteiger partial charge in [0.15, 0.2) is 0 Å². The number of nitrogens with zero attached hydrogens (tertiary/aromatic N) is 4. The van der Waals surface area contributed by atoms with Crippen LogP contribution in [-0.2, 0) is 6.42 Å². The Balaban J connectivity index is 2.48. The van der Waals surface area contributed by atoms with Crippen molar-refractivity contribution in [2.75, 3.05) is 5.75 Å². The standard InChI is InChI=1S/C8H8N4S/c1-5-6-2-3-13-7(6)12-8(11-5)9-4-10-12/h4H,2-3H2,1H3. The Morgan fingerprint density at radius 3 is 3.38 bits per heavy atom. The Hall–Kier alpha value is -1.10. The third-order valence-electron chi connectivity index (χ3n) is 2.28. The summed E-state index contributed by atoms with van der Waals surface area (Å²) in [5.74, 6) is 1.85. The summed E-state index contributed by atoms with van der Waals surface area (Å²) in [5.41, 5.74) is 2.43. The highest BCUT2D eigenvalue weighted by Crippen LogP contribution is 2.32. The second-order valence-corrected chi connectivity index (χ2v) is 4.13. The molecular formula is C8H8N4S. The Kier molecular flexibility index (Phi) is 1.38. The van der Waals surface area contributed by atoms with Crippen molar-refractivity contribution in [3.63, 3.8) is 0 Å². The van der Waals surface area contributed by atoms with Crippen molar-refractivity contribution in [3.8, 4) is 0 Å². The van der Waals surface area contributed by atoms with Gasteiger partial charge >= 0.3 is 0 Å². The lowest BCUT2D eigenvalue weighted by atomic mass is 10.2. The number of thioether (sulfide) groups is 1. The molecule has 66 valence electrons. The SMILES string of the molecule is Cc1nc2ncnn2c2c1CCS2. The lowest BCUT2D eigenvalue weighted by Crippen LogP contribution is -2.00. The number of aryl methyl sites for hydroxylation is 1. The van der Waals surface area contributed by atoms with Gasteiger partial charge in [0.05, 0.1) is 0 Å². The second-order valence-electron chi connectivity index (χ2n) is 3.05.